The smallest absolute Gasteiger partial charge is 0.240 e. The van der Waals surface area contributed by atoms with E-state index in [4.69, 9.17) is 0 Å². The van der Waals surface area contributed by atoms with E-state index in [1.54, 1.807) is 11.8 Å². The number of hydrogen-bond acceptors (Lipinski definition) is 9. The van der Waals surface area contributed by atoms with Crippen LogP contribution in [0.25, 0.3) is 0 Å². The van der Waals surface area contributed by atoms with Crippen molar-refractivity contribution in [1.82, 2.24) is 20.0 Å². The number of amides is 1. The number of thiophene rings is 1. The van der Waals surface area contributed by atoms with Gasteiger partial charge in [0.15, 0.2) is 10.1 Å². The second-order valence-electron chi connectivity index (χ2n) is 5.81. The molecule has 10 heteroatoms. The van der Waals surface area contributed by atoms with Crippen LogP contribution in [0.1, 0.15) is 16.6 Å². The zero-order valence-corrected chi connectivity index (χ0v) is 17.0. The third-order valence-electron chi connectivity index (χ3n) is 3.92. The lowest BCUT2D eigenvalue weighted by molar-refractivity contribution is -0.117. The maximum Gasteiger partial charge on any atom is 0.240 e. The first-order valence-corrected chi connectivity index (χ1v) is 11.1. The van der Waals surface area contributed by atoms with Crippen molar-refractivity contribution in [2.45, 2.75) is 11.3 Å². The number of rotatable bonds is 8. The van der Waals surface area contributed by atoms with Crippen LogP contribution in [0, 0.1) is 0 Å². The van der Waals surface area contributed by atoms with Crippen molar-refractivity contribution in [2.75, 3.05) is 50.3 Å². The van der Waals surface area contributed by atoms with Gasteiger partial charge in [0.2, 0.25) is 11.0 Å². The summed E-state index contributed by atoms with van der Waals surface area (Å²) in [7, 11) is 0. The zero-order chi connectivity index (χ0) is 18.4. The van der Waals surface area contributed by atoms with Crippen molar-refractivity contribution in [3.05, 3.63) is 22.4 Å². The molecule has 1 saturated heterocycles. The Hall–Kier alpha value is -1.33. The molecule has 0 atom stereocenters. The number of ketones is 1. The zero-order valence-electron chi connectivity index (χ0n) is 14.5. The molecule has 3 heterocycles. The number of carbonyl (C=O) groups is 2. The maximum absolute atomic E-state index is 12.2. The Morgan fingerprint density at radius 1 is 1.19 bits per heavy atom. The van der Waals surface area contributed by atoms with Crippen LogP contribution in [0.5, 0.6) is 0 Å². The standard InChI is InChI=1S/C16H21N5O2S3/c1-2-24-16-19-18-15(26-16)17-14(23)11-21-7-5-20(6-8-21)10-12(22)13-4-3-9-25-13/h3-4,9H,2,5-8,10-11H2,1H3,(H,17,18,23). The van der Waals surface area contributed by atoms with Gasteiger partial charge in [-0.25, -0.2) is 0 Å². The summed E-state index contributed by atoms with van der Waals surface area (Å²) in [4.78, 5) is 29.4. The molecule has 3 rings (SSSR count). The molecule has 2 aromatic heterocycles. The van der Waals surface area contributed by atoms with Gasteiger partial charge in [-0.3, -0.25) is 24.7 Å². The first kappa shape index (κ1) is 19.4. The maximum atomic E-state index is 12.2. The normalized spacial score (nSPS) is 15.9. The van der Waals surface area contributed by atoms with Gasteiger partial charge < -0.3 is 0 Å². The molecule has 1 fully saturated rings. The molecule has 1 N–H and O–H groups in total. The second kappa shape index (κ2) is 9.56. The van der Waals surface area contributed by atoms with E-state index in [1.807, 2.05) is 17.5 Å². The molecule has 1 aliphatic heterocycles. The van der Waals surface area contributed by atoms with Crippen LogP contribution in [-0.2, 0) is 4.79 Å². The SMILES string of the molecule is CCSc1nnc(NC(=O)CN2CCN(CC(=O)c3cccs3)CC2)s1. The molecule has 0 saturated carbocycles. The van der Waals surface area contributed by atoms with Crippen molar-refractivity contribution >= 4 is 51.3 Å². The van der Waals surface area contributed by atoms with Crippen molar-refractivity contribution < 1.29 is 9.59 Å². The molecule has 0 spiro atoms. The number of nitrogens with one attached hydrogen (secondary N) is 1. The Bertz CT molecular complexity index is 726. The number of hydrogen-bond donors (Lipinski definition) is 1. The quantitative estimate of drug-likeness (QED) is 0.405. The number of nitrogens with zero attached hydrogens (tertiary/aromatic N) is 4. The first-order valence-electron chi connectivity index (χ1n) is 8.41. The Kier molecular flexibility index (Phi) is 7.15. The lowest BCUT2D eigenvalue weighted by atomic mass is 10.2. The Labute approximate surface area is 164 Å². The van der Waals surface area contributed by atoms with E-state index in [2.05, 4.69) is 32.2 Å². The summed E-state index contributed by atoms with van der Waals surface area (Å²) < 4.78 is 0.867. The average Bonchev–Trinajstić information content (AvgIpc) is 3.29. The van der Waals surface area contributed by atoms with Crippen LogP contribution >= 0.6 is 34.4 Å². The van der Waals surface area contributed by atoms with Crippen molar-refractivity contribution in [1.29, 1.82) is 0 Å². The number of piperazine rings is 1. The van der Waals surface area contributed by atoms with Gasteiger partial charge in [-0.1, -0.05) is 36.1 Å². The van der Waals surface area contributed by atoms with Gasteiger partial charge >= 0.3 is 0 Å². The Morgan fingerprint density at radius 2 is 1.92 bits per heavy atom. The van der Waals surface area contributed by atoms with E-state index in [0.717, 1.165) is 41.1 Å². The predicted octanol–water partition coefficient (Wildman–Crippen LogP) is 2.15. The van der Waals surface area contributed by atoms with E-state index >= 15 is 0 Å². The minimum atomic E-state index is -0.0719. The molecule has 0 radical (unpaired) electrons. The third kappa shape index (κ3) is 5.58. The van der Waals surface area contributed by atoms with Crippen LogP contribution in [0.3, 0.4) is 0 Å². The number of carbonyl (C=O) groups excluding carboxylic acids is 2. The molecule has 1 aliphatic rings. The highest BCUT2D eigenvalue weighted by Gasteiger charge is 2.21. The largest absolute Gasteiger partial charge is 0.299 e. The molecule has 0 unspecified atom stereocenters. The summed E-state index contributed by atoms with van der Waals surface area (Å²) in [5.74, 6) is 1.03. The third-order valence-corrected chi connectivity index (χ3v) is 6.68. The Balaban J connectivity index is 1.39. The number of thioether (sulfide) groups is 1. The van der Waals surface area contributed by atoms with E-state index < -0.39 is 0 Å². The molecule has 0 aliphatic carbocycles. The molecule has 0 aromatic carbocycles. The highest BCUT2D eigenvalue weighted by atomic mass is 32.2. The molecule has 1 amide bonds. The van der Waals surface area contributed by atoms with Gasteiger partial charge in [-0.05, 0) is 17.2 Å². The minimum Gasteiger partial charge on any atom is -0.299 e. The molecule has 26 heavy (non-hydrogen) atoms. The van der Waals surface area contributed by atoms with Crippen LogP contribution in [0.2, 0.25) is 0 Å². The number of Topliss-reactive ketones (excluding diaryl/α,β-unsaturated/α-hetero) is 1. The van der Waals surface area contributed by atoms with Crippen LogP contribution < -0.4 is 5.32 Å². The topological polar surface area (TPSA) is 78.4 Å². The monoisotopic (exact) mass is 411 g/mol. The number of anilines is 1. The van der Waals surface area contributed by atoms with Gasteiger partial charge in [0.05, 0.1) is 18.0 Å². The van der Waals surface area contributed by atoms with E-state index in [0.29, 0.717) is 18.2 Å². The van der Waals surface area contributed by atoms with E-state index in [9.17, 15) is 9.59 Å². The first-order chi connectivity index (χ1) is 12.6. The van der Waals surface area contributed by atoms with Gasteiger partial charge in [0.25, 0.3) is 0 Å². The molecular weight excluding hydrogens is 390 g/mol. The van der Waals surface area contributed by atoms with E-state index in [-0.39, 0.29) is 11.7 Å². The van der Waals surface area contributed by atoms with Crippen molar-refractivity contribution in [2.24, 2.45) is 0 Å². The van der Waals surface area contributed by atoms with Crippen LogP contribution in [-0.4, -0.2) is 76.7 Å². The van der Waals surface area contributed by atoms with Crippen LogP contribution in [0.15, 0.2) is 21.9 Å². The fourth-order valence-corrected chi connectivity index (χ4v) is 4.95. The highest BCUT2D eigenvalue weighted by Crippen LogP contribution is 2.24. The molecule has 140 valence electrons. The average molecular weight is 412 g/mol. The van der Waals surface area contributed by atoms with Crippen molar-refractivity contribution in [3.63, 3.8) is 0 Å². The summed E-state index contributed by atoms with van der Waals surface area (Å²) in [5.41, 5.74) is 0. The molecule has 7 nitrogen and oxygen atoms in total. The van der Waals surface area contributed by atoms with Gasteiger partial charge in [0.1, 0.15) is 0 Å². The fourth-order valence-electron chi connectivity index (χ4n) is 2.63. The summed E-state index contributed by atoms with van der Waals surface area (Å²) in [6.45, 7) is 5.97. The van der Waals surface area contributed by atoms with Crippen LogP contribution in [0.4, 0.5) is 5.13 Å². The highest BCUT2D eigenvalue weighted by molar-refractivity contribution is 8.01. The fraction of sp³-hybridized carbons (Fsp3) is 0.500. The van der Waals surface area contributed by atoms with Gasteiger partial charge in [-0.2, -0.15) is 0 Å². The van der Waals surface area contributed by atoms with Crippen molar-refractivity contribution in [3.8, 4) is 0 Å². The number of aromatic nitrogens is 2. The van der Waals surface area contributed by atoms with E-state index in [1.165, 1.54) is 22.7 Å². The molecular formula is C16H21N5O2S3. The van der Waals surface area contributed by atoms with Gasteiger partial charge in [0, 0.05) is 26.2 Å². The summed E-state index contributed by atoms with van der Waals surface area (Å²) in [6, 6.07) is 3.77. The lowest BCUT2D eigenvalue weighted by Gasteiger charge is -2.33. The summed E-state index contributed by atoms with van der Waals surface area (Å²) in [6.07, 6.45) is 0. The van der Waals surface area contributed by atoms with Gasteiger partial charge in [-0.15, -0.1) is 21.5 Å². The Morgan fingerprint density at radius 3 is 2.58 bits per heavy atom. The second-order valence-corrected chi connectivity index (χ2v) is 9.24. The summed E-state index contributed by atoms with van der Waals surface area (Å²) in [5, 5.41) is 13.3. The minimum absolute atomic E-state index is 0.0719. The lowest BCUT2D eigenvalue weighted by Crippen LogP contribution is -2.49. The molecule has 2 aromatic rings. The summed E-state index contributed by atoms with van der Waals surface area (Å²) >= 11 is 4.50. The predicted molar refractivity (Wildman–Crippen MR) is 106 cm³/mol. The molecule has 0 bridgehead atoms.